The molecule has 0 spiro atoms. The highest BCUT2D eigenvalue weighted by atomic mass is 19.1. The summed E-state index contributed by atoms with van der Waals surface area (Å²) in [5, 5.41) is 8.52. The lowest BCUT2D eigenvalue weighted by Crippen LogP contribution is -2.08. The van der Waals surface area contributed by atoms with Gasteiger partial charge in [0.25, 0.3) is 0 Å². The van der Waals surface area contributed by atoms with Gasteiger partial charge < -0.3 is 15.3 Å². The van der Waals surface area contributed by atoms with Gasteiger partial charge in [0.05, 0.1) is 34.2 Å². The number of alkyl halides is 1. The molecule has 1 saturated carbocycles. The van der Waals surface area contributed by atoms with Gasteiger partial charge in [0.2, 0.25) is 5.78 Å². The van der Waals surface area contributed by atoms with Crippen molar-refractivity contribution in [3.8, 4) is 5.69 Å². The lowest BCUT2D eigenvalue weighted by Gasteiger charge is -2.08. The fourth-order valence-corrected chi connectivity index (χ4v) is 3.98. The standard InChI is InChI=1S/C23H19FN6O/c1-25-21-15(20(31)19-10-13-4-2-3-5-16(13)27-19)12-26-30(21)14-6-7-17-18(11-14)29-22(28-17)23(24)8-9-23/h2-7,10-12,25,27H,8-9H2,1H3,(H,28,29). The summed E-state index contributed by atoms with van der Waals surface area (Å²) >= 11 is 0. The number of benzene rings is 2. The van der Waals surface area contributed by atoms with E-state index in [1.54, 1.807) is 17.9 Å². The zero-order valence-corrected chi connectivity index (χ0v) is 16.7. The van der Waals surface area contributed by atoms with Crippen LogP contribution in [0.5, 0.6) is 0 Å². The fraction of sp³-hybridized carbons (Fsp3) is 0.174. The lowest BCUT2D eigenvalue weighted by molar-refractivity contribution is 0.103. The first-order chi connectivity index (χ1) is 15.1. The van der Waals surface area contributed by atoms with Gasteiger partial charge in [-0.3, -0.25) is 4.79 Å². The van der Waals surface area contributed by atoms with Gasteiger partial charge in [-0.1, -0.05) is 18.2 Å². The third-order valence-corrected chi connectivity index (χ3v) is 5.85. The molecule has 8 heteroatoms. The van der Waals surface area contributed by atoms with Gasteiger partial charge in [-0.2, -0.15) is 5.10 Å². The van der Waals surface area contributed by atoms with Crippen molar-refractivity contribution in [2.75, 3.05) is 12.4 Å². The first-order valence-corrected chi connectivity index (χ1v) is 10.1. The minimum absolute atomic E-state index is 0.148. The number of carbonyl (C=O) groups excluding carboxylic acids is 1. The van der Waals surface area contributed by atoms with Crippen LogP contribution in [0.15, 0.2) is 54.7 Å². The number of ketones is 1. The molecule has 2 aromatic carbocycles. The van der Waals surface area contributed by atoms with Gasteiger partial charge in [-0.05, 0) is 43.2 Å². The summed E-state index contributed by atoms with van der Waals surface area (Å²) in [6, 6.07) is 15.2. The number of rotatable bonds is 5. The first kappa shape index (κ1) is 17.9. The van der Waals surface area contributed by atoms with E-state index >= 15 is 0 Å². The van der Waals surface area contributed by atoms with Gasteiger partial charge in [-0.25, -0.2) is 14.1 Å². The van der Waals surface area contributed by atoms with Crippen LogP contribution in [-0.2, 0) is 5.67 Å². The van der Waals surface area contributed by atoms with E-state index in [-0.39, 0.29) is 5.78 Å². The molecular weight excluding hydrogens is 395 g/mol. The van der Waals surface area contributed by atoms with Crippen LogP contribution in [0.1, 0.15) is 34.7 Å². The Bertz CT molecular complexity index is 1440. The smallest absolute Gasteiger partial charge is 0.214 e. The van der Waals surface area contributed by atoms with Crippen LogP contribution in [0.25, 0.3) is 27.6 Å². The number of halogens is 1. The van der Waals surface area contributed by atoms with Crippen molar-refractivity contribution in [2.24, 2.45) is 0 Å². The van der Waals surface area contributed by atoms with E-state index in [0.29, 0.717) is 41.3 Å². The van der Waals surface area contributed by atoms with Crippen molar-refractivity contribution in [3.05, 3.63) is 71.8 Å². The molecular formula is C23H19FN6O. The molecule has 0 bridgehead atoms. The number of nitrogens with one attached hydrogen (secondary N) is 3. The Balaban J connectivity index is 1.40. The second kappa shape index (κ2) is 6.28. The summed E-state index contributed by atoms with van der Waals surface area (Å²) < 4.78 is 16.0. The Hall–Kier alpha value is -3.94. The molecule has 0 amide bonds. The average molecular weight is 414 g/mol. The molecule has 0 unspecified atom stereocenters. The molecule has 1 fully saturated rings. The number of aromatic nitrogens is 5. The van der Waals surface area contributed by atoms with Gasteiger partial charge >= 0.3 is 0 Å². The van der Waals surface area contributed by atoms with E-state index in [0.717, 1.165) is 22.1 Å². The SMILES string of the molecule is CNc1c(C(=O)c2cc3ccccc3[nH]2)cnn1-c1ccc2nc(C3(F)CC3)[nH]c2c1. The fourth-order valence-electron chi connectivity index (χ4n) is 3.98. The van der Waals surface area contributed by atoms with Crippen LogP contribution in [0.3, 0.4) is 0 Å². The average Bonchev–Trinajstić information content (AvgIpc) is 3.20. The molecule has 0 aliphatic heterocycles. The zero-order valence-electron chi connectivity index (χ0n) is 16.7. The van der Waals surface area contributed by atoms with Gasteiger partial charge in [0, 0.05) is 18.0 Å². The Morgan fingerprint density at radius 1 is 1.13 bits per heavy atom. The monoisotopic (exact) mass is 414 g/mol. The van der Waals surface area contributed by atoms with E-state index in [1.165, 1.54) is 0 Å². The van der Waals surface area contributed by atoms with Crippen molar-refractivity contribution < 1.29 is 9.18 Å². The molecule has 0 atom stereocenters. The third-order valence-electron chi connectivity index (χ3n) is 5.85. The number of fused-ring (bicyclic) bond motifs is 2. The molecule has 0 radical (unpaired) electrons. The third kappa shape index (κ3) is 2.75. The summed E-state index contributed by atoms with van der Waals surface area (Å²) in [5.41, 5.74) is 2.73. The number of nitrogens with zero attached hydrogens (tertiary/aromatic N) is 3. The van der Waals surface area contributed by atoms with Crippen LogP contribution in [0, 0.1) is 0 Å². The van der Waals surface area contributed by atoms with Crippen LogP contribution >= 0.6 is 0 Å². The predicted octanol–water partition coefficient (Wildman–Crippen LogP) is 4.46. The number of aromatic amines is 2. The lowest BCUT2D eigenvalue weighted by atomic mass is 10.1. The highest BCUT2D eigenvalue weighted by Crippen LogP contribution is 2.48. The van der Waals surface area contributed by atoms with Crippen molar-refractivity contribution in [1.82, 2.24) is 24.7 Å². The molecule has 5 aromatic rings. The summed E-state index contributed by atoms with van der Waals surface area (Å²) in [5.74, 6) is 0.806. The molecule has 1 aliphatic rings. The zero-order chi connectivity index (χ0) is 21.2. The number of para-hydroxylation sites is 1. The van der Waals surface area contributed by atoms with Crippen LogP contribution in [-0.4, -0.2) is 37.6 Å². The van der Waals surface area contributed by atoms with Gasteiger partial charge in [0.1, 0.15) is 11.6 Å². The van der Waals surface area contributed by atoms with E-state index < -0.39 is 5.67 Å². The number of carbonyl (C=O) groups is 1. The minimum Gasteiger partial charge on any atom is -0.372 e. The predicted molar refractivity (Wildman–Crippen MR) is 117 cm³/mol. The number of hydrogen-bond donors (Lipinski definition) is 3. The van der Waals surface area contributed by atoms with Crippen LogP contribution < -0.4 is 5.32 Å². The van der Waals surface area contributed by atoms with Crippen molar-refractivity contribution >= 4 is 33.5 Å². The number of H-pyrrole nitrogens is 2. The van der Waals surface area contributed by atoms with E-state index in [9.17, 15) is 9.18 Å². The van der Waals surface area contributed by atoms with Crippen LogP contribution in [0.2, 0.25) is 0 Å². The molecule has 7 nitrogen and oxygen atoms in total. The number of anilines is 1. The Morgan fingerprint density at radius 2 is 1.97 bits per heavy atom. The molecule has 3 heterocycles. The van der Waals surface area contributed by atoms with E-state index in [1.807, 2.05) is 48.5 Å². The Kier molecular flexibility index (Phi) is 3.62. The van der Waals surface area contributed by atoms with Gasteiger partial charge in [-0.15, -0.1) is 0 Å². The normalized spacial score (nSPS) is 14.9. The summed E-state index contributed by atoms with van der Waals surface area (Å²) in [6.45, 7) is 0. The molecule has 6 rings (SSSR count). The second-order valence-electron chi connectivity index (χ2n) is 7.92. The molecule has 0 saturated heterocycles. The second-order valence-corrected chi connectivity index (χ2v) is 7.92. The molecule has 1 aliphatic carbocycles. The maximum absolute atomic E-state index is 14.4. The van der Waals surface area contributed by atoms with E-state index in [4.69, 9.17) is 0 Å². The highest BCUT2D eigenvalue weighted by molar-refractivity contribution is 6.12. The Labute approximate surface area is 176 Å². The Morgan fingerprint density at radius 3 is 2.74 bits per heavy atom. The van der Waals surface area contributed by atoms with Crippen molar-refractivity contribution in [1.29, 1.82) is 0 Å². The summed E-state index contributed by atoms with van der Waals surface area (Å²) in [7, 11) is 1.75. The first-order valence-electron chi connectivity index (χ1n) is 10.1. The molecule has 31 heavy (non-hydrogen) atoms. The maximum atomic E-state index is 14.4. The largest absolute Gasteiger partial charge is 0.372 e. The van der Waals surface area contributed by atoms with Crippen LogP contribution in [0.4, 0.5) is 10.2 Å². The quantitative estimate of drug-likeness (QED) is 0.370. The minimum atomic E-state index is -1.32. The summed E-state index contributed by atoms with van der Waals surface area (Å²) in [4.78, 5) is 23.8. The molecule has 154 valence electrons. The topological polar surface area (TPSA) is 91.4 Å². The number of imidazole rings is 1. The molecule has 3 aromatic heterocycles. The maximum Gasteiger partial charge on any atom is 0.214 e. The van der Waals surface area contributed by atoms with E-state index in [2.05, 4.69) is 25.4 Å². The van der Waals surface area contributed by atoms with Gasteiger partial charge in [0.15, 0.2) is 5.67 Å². The van der Waals surface area contributed by atoms with Crippen molar-refractivity contribution in [2.45, 2.75) is 18.5 Å². The molecule has 3 N–H and O–H groups in total. The highest BCUT2D eigenvalue weighted by Gasteiger charge is 2.47. The summed E-state index contributed by atoms with van der Waals surface area (Å²) in [6.07, 6.45) is 2.56. The van der Waals surface area contributed by atoms with Crippen molar-refractivity contribution in [3.63, 3.8) is 0 Å². The number of hydrogen-bond acceptors (Lipinski definition) is 4.